The van der Waals surface area contributed by atoms with Crippen molar-refractivity contribution >= 4 is 27.7 Å². The highest BCUT2D eigenvalue weighted by atomic mass is 79.9. The lowest BCUT2D eigenvalue weighted by Gasteiger charge is -2.35. The number of aromatic nitrogens is 1. The van der Waals surface area contributed by atoms with Gasteiger partial charge in [0.15, 0.2) is 0 Å². The van der Waals surface area contributed by atoms with Crippen LogP contribution in [0, 0.1) is 0 Å². The standard InChI is InChI=1S/C12H16BrN3O2/c1-7-5-16(6-8(2)18-7)12(17)10-3-9(13)4-15-11(10)14/h3-4,7-8H,5-6H2,1-2H3,(H2,14,15). The molecule has 1 amide bonds. The molecule has 1 fully saturated rings. The summed E-state index contributed by atoms with van der Waals surface area (Å²) in [6, 6.07) is 1.70. The lowest BCUT2D eigenvalue weighted by atomic mass is 10.1. The number of hydrogen-bond donors (Lipinski definition) is 1. The van der Waals surface area contributed by atoms with Crippen LogP contribution < -0.4 is 5.73 Å². The van der Waals surface area contributed by atoms with E-state index in [4.69, 9.17) is 10.5 Å². The molecular formula is C12H16BrN3O2. The van der Waals surface area contributed by atoms with Crippen molar-refractivity contribution in [1.82, 2.24) is 9.88 Å². The monoisotopic (exact) mass is 313 g/mol. The molecule has 98 valence electrons. The minimum Gasteiger partial charge on any atom is -0.383 e. The second kappa shape index (κ2) is 5.24. The van der Waals surface area contributed by atoms with E-state index >= 15 is 0 Å². The molecule has 2 unspecified atom stereocenters. The van der Waals surface area contributed by atoms with Gasteiger partial charge in [-0.25, -0.2) is 4.98 Å². The van der Waals surface area contributed by atoms with Crippen molar-refractivity contribution in [2.75, 3.05) is 18.8 Å². The van der Waals surface area contributed by atoms with E-state index in [0.717, 1.165) is 4.47 Å². The van der Waals surface area contributed by atoms with E-state index in [9.17, 15) is 4.79 Å². The first-order valence-electron chi connectivity index (χ1n) is 5.83. The Hall–Kier alpha value is -1.14. The van der Waals surface area contributed by atoms with Gasteiger partial charge in [0.1, 0.15) is 5.82 Å². The summed E-state index contributed by atoms with van der Waals surface area (Å²) in [5, 5.41) is 0. The number of morpholine rings is 1. The van der Waals surface area contributed by atoms with Crippen molar-refractivity contribution in [2.24, 2.45) is 0 Å². The fourth-order valence-electron chi connectivity index (χ4n) is 2.14. The lowest BCUT2D eigenvalue weighted by Crippen LogP contribution is -2.48. The van der Waals surface area contributed by atoms with Crippen molar-refractivity contribution in [3.8, 4) is 0 Å². The van der Waals surface area contributed by atoms with E-state index < -0.39 is 0 Å². The number of nitrogens with zero attached hydrogens (tertiary/aromatic N) is 2. The van der Waals surface area contributed by atoms with E-state index in [0.29, 0.717) is 18.7 Å². The maximum atomic E-state index is 12.4. The molecule has 2 heterocycles. The van der Waals surface area contributed by atoms with Crippen LogP contribution in [0.3, 0.4) is 0 Å². The topological polar surface area (TPSA) is 68.5 Å². The number of halogens is 1. The minimum absolute atomic E-state index is 0.0408. The third-order valence-corrected chi connectivity index (χ3v) is 3.26. The zero-order valence-electron chi connectivity index (χ0n) is 10.4. The Morgan fingerprint density at radius 3 is 2.72 bits per heavy atom. The fraction of sp³-hybridized carbons (Fsp3) is 0.500. The molecule has 5 nitrogen and oxygen atoms in total. The fourth-order valence-corrected chi connectivity index (χ4v) is 2.47. The van der Waals surface area contributed by atoms with Crippen LogP contribution in [-0.2, 0) is 4.74 Å². The molecule has 0 bridgehead atoms. The molecule has 1 saturated heterocycles. The minimum atomic E-state index is -0.0942. The first-order chi connectivity index (χ1) is 8.47. The Balaban J connectivity index is 2.22. The van der Waals surface area contributed by atoms with Gasteiger partial charge >= 0.3 is 0 Å². The number of carbonyl (C=O) groups is 1. The Morgan fingerprint density at radius 1 is 1.50 bits per heavy atom. The normalized spacial score (nSPS) is 24.1. The molecule has 1 aliphatic rings. The molecule has 0 saturated carbocycles. The SMILES string of the molecule is CC1CN(C(=O)c2cc(Br)cnc2N)CC(C)O1. The summed E-state index contributed by atoms with van der Waals surface area (Å²) in [4.78, 5) is 18.1. The highest BCUT2D eigenvalue weighted by Gasteiger charge is 2.27. The van der Waals surface area contributed by atoms with Crippen molar-refractivity contribution < 1.29 is 9.53 Å². The quantitative estimate of drug-likeness (QED) is 0.856. The van der Waals surface area contributed by atoms with E-state index in [1.54, 1.807) is 17.2 Å². The van der Waals surface area contributed by atoms with Gasteiger partial charge in [0.05, 0.1) is 17.8 Å². The van der Waals surface area contributed by atoms with Crippen LogP contribution >= 0.6 is 15.9 Å². The summed E-state index contributed by atoms with van der Waals surface area (Å²) in [6.07, 6.45) is 1.66. The maximum absolute atomic E-state index is 12.4. The Kier molecular flexibility index (Phi) is 3.87. The molecule has 0 aliphatic carbocycles. The molecule has 1 aromatic heterocycles. The Morgan fingerprint density at radius 2 is 2.11 bits per heavy atom. The molecule has 6 heteroatoms. The number of nitrogens with two attached hydrogens (primary N) is 1. The third kappa shape index (κ3) is 2.81. The van der Waals surface area contributed by atoms with Gasteiger partial charge in [-0.15, -0.1) is 0 Å². The summed E-state index contributed by atoms with van der Waals surface area (Å²) in [7, 11) is 0. The van der Waals surface area contributed by atoms with Gasteiger partial charge in [0, 0.05) is 23.8 Å². The maximum Gasteiger partial charge on any atom is 0.257 e. The molecular weight excluding hydrogens is 298 g/mol. The molecule has 1 aliphatic heterocycles. The van der Waals surface area contributed by atoms with Crippen molar-refractivity contribution in [1.29, 1.82) is 0 Å². The summed E-state index contributed by atoms with van der Waals surface area (Å²) in [5.74, 6) is 0.165. The summed E-state index contributed by atoms with van der Waals surface area (Å²) in [5.41, 5.74) is 6.19. The van der Waals surface area contributed by atoms with Gasteiger partial charge in [-0.05, 0) is 35.8 Å². The lowest BCUT2D eigenvalue weighted by molar-refractivity contribution is -0.0586. The van der Waals surface area contributed by atoms with Crippen molar-refractivity contribution in [2.45, 2.75) is 26.1 Å². The average molecular weight is 314 g/mol. The Bertz CT molecular complexity index is 457. The van der Waals surface area contributed by atoms with Crippen LogP contribution in [0.1, 0.15) is 24.2 Å². The molecule has 0 aromatic carbocycles. The van der Waals surface area contributed by atoms with Crippen LogP contribution in [-0.4, -0.2) is 41.1 Å². The first-order valence-corrected chi connectivity index (χ1v) is 6.62. The largest absolute Gasteiger partial charge is 0.383 e. The third-order valence-electron chi connectivity index (χ3n) is 2.82. The first kappa shape index (κ1) is 13.3. The van der Waals surface area contributed by atoms with E-state index in [-0.39, 0.29) is 23.9 Å². The zero-order valence-corrected chi connectivity index (χ0v) is 12.0. The van der Waals surface area contributed by atoms with Crippen molar-refractivity contribution in [3.05, 3.63) is 22.3 Å². The smallest absolute Gasteiger partial charge is 0.257 e. The van der Waals surface area contributed by atoms with Gasteiger partial charge in [-0.3, -0.25) is 4.79 Å². The molecule has 0 radical (unpaired) electrons. The number of carbonyl (C=O) groups excluding carboxylic acids is 1. The van der Waals surface area contributed by atoms with E-state index in [2.05, 4.69) is 20.9 Å². The van der Waals surface area contributed by atoms with Gasteiger partial charge in [-0.1, -0.05) is 0 Å². The van der Waals surface area contributed by atoms with Gasteiger partial charge in [-0.2, -0.15) is 0 Å². The van der Waals surface area contributed by atoms with Crippen LogP contribution in [0.25, 0.3) is 0 Å². The molecule has 2 rings (SSSR count). The van der Waals surface area contributed by atoms with E-state index in [1.807, 2.05) is 13.8 Å². The highest BCUT2D eigenvalue weighted by molar-refractivity contribution is 9.10. The molecule has 0 spiro atoms. The highest BCUT2D eigenvalue weighted by Crippen LogP contribution is 2.20. The van der Waals surface area contributed by atoms with E-state index in [1.165, 1.54) is 0 Å². The molecule has 18 heavy (non-hydrogen) atoms. The van der Waals surface area contributed by atoms with Crippen molar-refractivity contribution in [3.63, 3.8) is 0 Å². The number of ether oxygens (including phenoxy) is 1. The zero-order chi connectivity index (χ0) is 13.3. The second-order valence-corrected chi connectivity index (χ2v) is 5.47. The predicted octanol–water partition coefficient (Wildman–Crippen LogP) is 1.68. The Labute approximate surface area is 114 Å². The number of amides is 1. The number of pyridine rings is 1. The summed E-state index contributed by atoms with van der Waals surface area (Å²) < 4.78 is 6.35. The molecule has 2 N–H and O–H groups in total. The van der Waals surface area contributed by atoms with Crippen LogP contribution in [0.15, 0.2) is 16.7 Å². The van der Waals surface area contributed by atoms with Gasteiger partial charge < -0.3 is 15.4 Å². The van der Waals surface area contributed by atoms with Crippen LogP contribution in [0.4, 0.5) is 5.82 Å². The molecule has 1 aromatic rings. The van der Waals surface area contributed by atoms with Gasteiger partial charge in [0.2, 0.25) is 0 Å². The average Bonchev–Trinajstić information content (AvgIpc) is 2.30. The van der Waals surface area contributed by atoms with Crippen LogP contribution in [0.5, 0.6) is 0 Å². The molecule has 2 atom stereocenters. The second-order valence-electron chi connectivity index (χ2n) is 4.55. The van der Waals surface area contributed by atoms with Gasteiger partial charge in [0.25, 0.3) is 5.91 Å². The number of nitrogen functional groups attached to an aromatic ring is 1. The van der Waals surface area contributed by atoms with Crippen LogP contribution in [0.2, 0.25) is 0 Å². The predicted molar refractivity (Wildman–Crippen MR) is 72.3 cm³/mol. The number of anilines is 1. The number of rotatable bonds is 1. The summed E-state index contributed by atoms with van der Waals surface area (Å²) in [6.45, 7) is 5.07. The number of hydrogen-bond acceptors (Lipinski definition) is 4. The summed E-state index contributed by atoms with van der Waals surface area (Å²) >= 11 is 3.30.